The molecule has 178 valence electrons. The fourth-order valence-corrected chi connectivity index (χ4v) is 3.69. The number of nitrogens with one attached hydrogen (secondary N) is 1. The number of benzene rings is 3. The molecule has 0 spiro atoms. The number of hydrogen-bond acceptors (Lipinski definition) is 4. The van der Waals surface area contributed by atoms with Gasteiger partial charge in [-0.05, 0) is 67.8 Å². The van der Waals surface area contributed by atoms with E-state index in [1.807, 2.05) is 68.4 Å². The summed E-state index contributed by atoms with van der Waals surface area (Å²) in [7, 11) is 0. The van der Waals surface area contributed by atoms with Gasteiger partial charge in [0.2, 0.25) is 0 Å². The van der Waals surface area contributed by atoms with Gasteiger partial charge in [0.15, 0.2) is 11.5 Å². The molecule has 0 heterocycles. The summed E-state index contributed by atoms with van der Waals surface area (Å²) in [4.78, 5) is 12.8. The zero-order valence-corrected chi connectivity index (χ0v) is 20.6. The largest absolute Gasteiger partial charge is 0.490 e. The lowest BCUT2D eigenvalue weighted by molar-refractivity contribution is -0.112. The van der Waals surface area contributed by atoms with Crippen molar-refractivity contribution >= 4 is 29.3 Å². The fourth-order valence-electron chi connectivity index (χ4n) is 3.50. The molecule has 3 aromatic carbocycles. The van der Waals surface area contributed by atoms with Gasteiger partial charge in [-0.2, -0.15) is 5.26 Å². The summed E-state index contributed by atoms with van der Waals surface area (Å²) in [6.07, 6.45) is 3.81. The van der Waals surface area contributed by atoms with Gasteiger partial charge in [-0.15, -0.1) is 6.58 Å². The third-order valence-corrected chi connectivity index (χ3v) is 5.47. The van der Waals surface area contributed by atoms with E-state index in [1.165, 1.54) is 6.08 Å². The van der Waals surface area contributed by atoms with Crippen molar-refractivity contribution in [3.05, 3.63) is 106 Å². The highest BCUT2D eigenvalue weighted by molar-refractivity contribution is 6.31. The van der Waals surface area contributed by atoms with E-state index < -0.39 is 5.91 Å². The van der Waals surface area contributed by atoms with Crippen molar-refractivity contribution in [1.82, 2.24) is 0 Å². The lowest BCUT2D eigenvalue weighted by Crippen LogP contribution is -2.13. The predicted octanol–water partition coefficient (Wildman–Crippen LogP) is 6.90. The van der Waals surface area contributed by atoms with Gasteiger partial charge in [0.1, 0.15) is 18.2 Å². The Morgan fingerprint density at radius 2 is 1.91 bits per heavy atom. The number of allylic oxidation sites excluding steroid dienone is 1. The first-order valence-corrected chi connectivity index (χ1v) is 11.6. The van der Waals surface area contributed by atoms with Crippen molar-refractivity contribution in [3.8, 4) is 17.6 Å². The van der Waals surface area contributed by atoms with Gasteiger partial charge in [0, 0.05) is 21.8 Å². The molecule has 6 heteroatoms. The van der Waals surface area contributed by atoms with Crippen molar-refractivity contribution in [3.63, 3.8) is 0 Å². The lowest BCUT2D eigenvalue weighted by Gasteiger charge is -2.17. The molecule has 0 saturated heterocycles. The number of anilines is 1. The second kappa shape index (κ2) is 12.5. The Hall–Kier alpha value is -4.01. The Labute approximate surface area is 211 Å². The zero-order chi connectivity index (χ0) is 25.2. The summed E-state index contributed by atoms with van der Waals surface area (Å²) < 4.78 is 12.0. The Morgan fingerprint density at radius 1 is 1.11 bits per heavy atom. The molecule has 0 fully saturated rings. The quantitative estimate of drug-likeness (QED) is 0.192. The van der Waals surface area contributed by atoms with Crippen LogP contribution in [0.1, 0.15) is 29.2 Å². The second-order valence-electron chi connectivity index (χ2n) is 7.81. The predicted molar refractivity (Wildman–Crippen MR) is 141 cm³/mol. The van der Waals surface area contributed by atoms with Crippen LogP contribution in [0.3, 0.4) is 0 Å². The first kappa shape index (κ1) is 25.6. The minimum Gasteiger partial charge on any atom is -0.490 e. The molecule has 0 bridgehead atoms. The summed E-state index contributed by atoms with van der Waals surface area (Å²) in [6, 6.07) is 20.5. The minimum atomic E-state index is -0.486. The zero-order valence-electron chi connectivity index (χ0n) is 19.8. The molecule has 5 nitrogen and oxygen atoms in total. The van der Waals surface area contributed by atoms with Crippen LogP contribution in [-0.2, 0) is 17.8 Å². The summed E-state index contributed by atoms with van der Waals surface area (Å²) >= 11 is 6.28. The Morgan fingerprint density at radius 3 is 2.60 bits per heavy atom. The van der Waals surface area contributed by atoms with Crippen LogP contribution >= 0.6 is 11.6 Å². The van der Waals surface area contributed by atoms with Gasteiger partial charge >= 0.3 is 0 Å². The smallest absolute Gasteiger partial charge is 0.266 e. The Kier molecular flexibility index (Phi) is 9.11. The number of nitrogens with zero attached hydrogens (tertiary/aromatic N) is 1. The van der Waals surface area contributed by atoms with Crippen molar-refractivity contribution in [1.29, 1.82) is 5.26 Å². The van der Waals surface area contributed by atoms with Crippen LogP contribution in [-0.4, -0.2) is 12.5 Å². The topological polar surface area (TPSA) is 71.4 Å². The molecule has 0 saturated carbocycles. The van der Waals surface area contributed by atoms with E-state index >= 15 is 0 Å². The molecule has 3 rings (SSSR count). The van der Waals surface area contributed by atoms with Crippen molar-refractivity contribution in [2.75, 3.05) is 11.9 Å². The normalized spacial score (nSPS) is 10.9. The standard InChI is InChI=1S/C29H27ClN2O3/c1-4-9-22-15-21(16-24(18-31)29(33)32-25-12-8-10-20(3)14-25)17-27(34-5-2)28(22)35-19-23-11-6-7-13-26(23)30/h4,6-8,10-17H,1,5,9,19H2,2-3H3,(H,32,33)/b24-16+. The van der Waals surface area contributed by atoms with Crippen LogP contribution in [0.25, 0.3) is 6.08 Å². The Balaban J connectivity index is 1.94. The van der Waals surface area contributed by atoms with Gasteiger partial charge in [-0.3, -0.25) is 4.79 Å². The molecular weight excluding hydrogens is 460 g/mol. The molecule has 0 aliphatic heterocycles. The van der Waals surface area contributed by atoms with Gasteiger partial charge in [0.05, 0.1) is 6.61 Å². The number of aryl methyl sites for hydroxylation is 1. The highest BCUT2D eigenvalue weighted by Gasteiger charge is 2.16. The molecular formula is C29H27ClN2O3. The first-order valence-electron chi connectivity index (χ1n) is 11.2. The van der Waals surface area contributed by atoms with E-state index in [0.29, 0.717) is 40.8 Å². The van der Waals surface area contributed by atoms with Crippen molar-refractivity contribution in [2.24, 2.45) is 0 Å². The summed E-state index contributed by atoms with van der Waals surface area (Å²) in [5.41, 5.74) is 3.93. The maximum Gasteiger partial charge on any atom is 0.266 e. The molecule has 1 N–H and O–H groups in total. The first-order chi connectivity index (χ1) is 16.9. The molecule has 1 amide bonds. The van der Waals surface area contributed by atoms with Crippen LogP contribution < -0.4 is 14.8 Å². The van der Waals surface area contributed by atoms with Gasteiger partial charge in [0.25, 0.3) is 5.91 Å². The summed E-state index contributed by atoms with van der Waals surface area (Å²) in [5.74, 6) is 0.605. The van der Waals surface area contributed by atoms with E-state index in [2.05, 4.69) is 11.9 Å². The van der Waals surface area contributed by atoms with Crippen molar-refractivity contribution in [2.45, 2.75) is 26.9 Å². The van der Waals surface area contributed by atoms with Crippen LogP contribution in [0.4, 0.5) is 5.69 Å². The third-order valence-electron chi connectivity index (χ3n) is 5.10. The number of ether oxygens (including phenoxy) is 2. The average Bonchev–Trinajstić information content (AvgIpc) is 2.83. The third kappa shape index (κ3) is 6.99. The van der Waals surface area contributed by atoms with Crippen molar-refractivity contribution < 1.29 is 14.3 Å². The monoisotopic (exact) mass is 486 g/mol. The van der Waals surface area contributed by atoms with Gasteiger partial charge in [-0.1, -0.05) is 48.0 Å². The molecule has 0 atom stereocenters. The number of rotatable bonds is 10. The van der Waals surface area contributed by atoms with E-state index in [1.54, 1.807) is 18.2 Å². The van der Waals surface area contributed by atoms with Gasteiger partial charge < -0.3 is 14.8 Å². The molecule has 3 aromatic rings. The summed E-state index contributed by atoms with van der Waals surface area (Å²) in [6.45, 7) is 8.34. The van der Waals surface area contributed by atoms with E-state index in [0.717, 1.165) is 16.7 Å². The maximum absolute atomic E-state index is 12.8. The van der Waals surface area contributed by atoms with Crippen LogP contribution in [0.15, 0.2) is 78.9 Å². The molecule has 0 aliphatic rings. The van der Waals surface area contributed by atoms with E-state index in [9.17, 15) is 10.1 Å². The minimum absolute atomic E-state index is 0.0248. The number of carbonyl (C=O) groups excluding carboxylic acids is 1. The number of carbonyl (C=O) groups is 1. The van der Waals surface area contributed by atoms with Crippen LogP contribution in [0.5, 0.6) is 11.5 Å². The lowest BCUT2D eigenvalue weighted by atomic mass is 10.0. The molecule has 35 heavy (non-hydrogen) atoms. The average molecular weight is 487 g/mol. The summed E-state index contributed by atoms with van der Waals surface area (Å²) in [5, 5.41) is 13.1. The number of halogens is 1. The number of nitriles is 1. The molecule has 0 aliphatic carbocycles. The number of amides is 1. The highest BCUT2D eigenvalue weighted by Crippen LogP contribution is 2.36. The highest BCUT2D eigenvalue weighted by atomic mass is 35.5. The van der Waals surface area contributed by atoms with Gasteiger partial charge in [-0.25, -0.2) is 0 Å². The van der Waals surface area contributed by atoms with Crippen LogP contribution in [0, 0.1) is 18.3 Å². The maximum atomic E-state index is 12.8. The van der Waals surface area contributed by atoms with E-state index in [4.69, 9.17) is 21.1 Å². The molecule has 0 unspecified atom stereocenters. The fraction of sp³-hybridized carbons (Fsp3) is 0.172. The number of hydrogen-bond donors (Lipinski definition) is 1. The van der Waals surface area contributed by atoms with Crippen LogP contribution in [0.2, 0.25) is 5.02 Å². The second-order valence-corrected chi connectivity index (χ2v) is 8.21. The Bertz CT molecular complexity index is 1290. The molecule has 0 aromatic heterocycles. The molecule has 0 radical (unpaired) electrons. The SMILES string of the molecule is C=CCc1cc(/C=C(\C#N)C(=O)Nc2cccc(C)c2)cc(OCC)c1OCc1ccccc1Cl. The van der Waals surface area contributed by atoms with E-state index in [-0.39, 0.29) is 12.2 Å².